The first-order valence-corrected chi connectivity index (χ1v) is 6.64. The van der Waals surface area contributed by atoms with Gasteiger partial charge in [-0.25, -0.2) is 0 Å². The Morgan fingerprint density at radius 1 is 1.06 bits per heavy atom. The van der Waals surface area contributed by atoms with Gasteiger partial charge in [-0.3, -0.25) is 4.98 Å². The molecule has 100 valence electrons. The number of nitrogens with one attached hydrogen (secondary N) is 1. The Hall–Kier alpha value is -0.890. The van der Waals surface area contributed by atoms with Gasteiger partial charge in [0.2, 0.25) is 0 Å². The van der Waals surface area contributed by atoms with Crippen molar-refractivity contribution in [1.29, 1.82) is 0 Å². The van der Waals surface area contributed by atoms with Crippen LogP contribution in [-0.4, -0.2) is 12.0 Å². The first-order valence-electron chi connectivity index (χ1n) is 6.64. The lowest BCUT2D eigenvalue weighted by atomic mass is 9.91. The number of nitrogens with zero attached hydrogens (tertiary/aromatic N) is 1. The van der Waals surface area contributed by atoms with Crippen molar-refractivity contribution in [3.05, 3.63) is 29.6 Å². The third-order valence-electron chi connectivity index (χ3n) is 1.97. The second-order valence-corrected chi connectivity index (χ2v) is 4.33. The molecule has 0 fully saturated rings. The summed E-state index contributed by atoms with van der Waals surface area (Å²) in [6.07, 6.45) is 1.94. The van der Waals surface area contributed by atoms with Crippen molar-refractivity contribution >= 4 is 0 Å². The third-order valence-corrected chi connectivity index (χ3v) is 1.97. The quantitative estimate of drug-likeness (QED) is 0.837. The van der Waals surface area contributed by atoms with Crippen LogP contribution in [0.2, 0.25) is 0 Å². The van der Waals surface area contributed by atoms with Gasteiger partial charge in [-0.1, -0.05) is 54.5 Å². The Balaban J connectivity index is 0. The summed E-state index contributed by atoms with van der Waals surface area (Å²) in [7, 11) is 1.94. The highest BCUT2D eigenvalue weighted by Crippen LogP contribution is 2.19. The molecule has 1 aromatic rings. The summed E-state index contributed by atoms with van der Waals surface area (Å²) < 4.78 is 0. The SMILES string of the molecule is CC.CC.CNCc1ccc(C(C)(C)C)nc1. The van der Waals surface area contributed by atoms with E-state index in [0.29, 0.717) is 0 Å². The molecule has 0 bridgehead atoms. The zero-order valence-corrected chi connectivity index (χ0v) is 12.9. The van der Waals surface area contributed by atoms with Crippen LogP contribution >= 0.6 is 0 Å². The molecule has 0 aliphatic rings. The predicted molar refractivity (Wildman–Crippen MR) is 78.4 cm³/mol. The van der Waals surface area contributed by atoms with Crippen molar-refractivity contribution in [1.82, 2.24) is 10.3 Å². The van der Waals surface area contributed by atoms with Crippen molar-refractivity contribution < 1.29 is 0 Å². The molecule has 0 amide bonds. The zero-order valence-electron chi connectivity index (χ0n) is 12.9. The molecule has 0 atom stereocenters. The molecule has 1 aromatic heterocycles. The summed E-state index contributed by atoms with van der Waals surface area (Å²) in [5, 5.41) is 3.10. The highest BCUT2D eigenvalue weighted by Gasteiger charge is 2.14. The van der Waals surface area contributed by atoms with Crippen molar-refractivity contribution in [3.8, 4) is 0 Å². The van der Waals surface area contributed by atoms with Gasteiger partial charge in [0.15, 0.2) is 0 Å². The van der Waals surface area contributed by atoms with Crippen LogP contribution in [0.15, 0.2) is 18.3 Å². The molecule has 17 heavy (non-hydrogen) atoms. The van der Waals surface area contributed by atoms with Gasteiger partial charge in [0.1, 0.15) is 0 Å². The summed E-state index contributed by atoms with van der Waals surface area (Å²) in [6.45, 7) is 15.4. The van der Waals surface area contributed by atoms with E-state index in [4.69, 9.17) is 0 Å². The number of pyridine rings is 1. The molecule has 0 saturated carbocycles. The molecule has 0 aliphatic carbocycles. The topological polar surface area (TPSA) is 24.9 Å². The monoisotopic (exact) mass is 238 g/mol. The Labute approximate surface area is 108 Å². The van der Waals surface area contributed by atoms with E-state index < -0.39 is 0 Å². The van der Waals surface area contributed by atoms with Gasteiger partial charge in [0.25, 0.3) is 0 Å². The average molecular weight is 238 g/mol. The van der Waals surface area contributed by atoms with Crippen molar-refractivity contribution in [2.75, 3.05) is 7.05 Å². The lowest BCUT2D eigenvalue weighted by Crippen LogP contribution is -2.14. The van der Waals surface area contributed by atoms with Gasteiger partial charge in [-0.2, -0.15) is 0 Å². The first-order chi connectivity index (χ1) is 8.04. The third kappa shape index (κ3) is 7.92. The van der Waals surface area contributed by atoms with Gasteiger partial charge in [-0.05, 0) is 18.7 Å². The van der Waals surface area contributed by atoms with Crippen LogP contribution in [0.4, 0.5) is 0 Å². The van der Waals surface area contributed by atoms with Gasteiger partial charge in [0.05, 0.1) is 0 Å². The first kappa shape index (κ1) is 18.5. The van der Waals surface area contributed by atoms with E-state index in [2.05, 4.69) is 43.2 Å². The molecule has 0 unspecified atom stereocenters. The van der Waals surface area contributed by atoms with Crippen LogP contribution in [0.1, 0.15) is 59.7 Å². The van der Waals surface area contributed by atoms with Crippen LogP contribution in [0.25, 0.3) is 0 Å². The summed E-state index contributed by atoms with van der Waals surface area (Å²) in [6, 6.07) is 4.23. The molecule has 0 aliphatic heterocycles. The van der Waals surface area contributed by atoms with E-state index in [0.717, 1.165) is 12.2 Å². The lowest BCUT2D eigenvalue weighted by Gasteiger charge is -2.17. The van der Waals surface area contributed by atoms with Gasteiger partial charge in [0, 0.05) is 23.9 Å². The molecule has 0 spiro atoms. The highest BCUT2D eigenvalue weighted by atomic mass is 14.8. The Morgan fingerprint density at radius 3 is 1.88 bits per heavy atom. The van der Waals surface area contributed by atoms with E-state index >= 15 is 0 Å². The minimum absolute atomic E-state index is 0.151. The fourth-order valence-corrected chi connectivity index (χ4v) is 1.18. The molecular weight excluding hydrogens is 208 g/mol. The van der Waals surface area contributed by atoms with Crippen molar-refractivity contribution in [3.63, 3.8) is 0 Å². The van der Waals surface area contributed by atoms with Crippen LogP contribution in [0.5, 0.6) is 0 Å². The van der Waals surface area contributed by atoms with Crippen LogP contribution in [0.3, 0.4) is 0 Å². The normalized spacial score (nSPS) is 9.65. The molecule has 0 radical (unpaired) electrons. The van der Waals surface area contributed by atoms with E-state index in [1.165, 1.54) is 5.56 Å². The van der Waals surface area contributed by atoms with E-state index in [9.17, 15) is 0 Å². The molecule has 0 saturated heterocycles. The smallest absolute Gasteiger partial charge is 0.0457 e. The Bertz CT molecular complexity index is 257. The van der Waals surface area contributed by atoms with E-state index in [-0.39, 0.29) is 5.41 Å². The van der Waals surface area contributed by atoms with Crippen LogP contribution < -0.4 is 5.32 Å². The fraction of sp³-hybridized carbons (Fsp3) is 0.667. The standard InChI is InChI=1S/C11H18N2.2C2H6/c1-11(2,3)10-6-5-9(7-12-4)8-13-10;2*1-2/h5-6,8,12H,7H2,1-4H3;2*1-2H3. The molecular formula is C15H30N2. The largest absolute Gasteiger partial charge is 0.316 e. The van der Waals surface area contributed by atoms with Crippen molar-refractivity contribution in [2.45, 2.75) is 60.4 Å². The fourth-order valence-electron chi connectivity index (χ4n) is 1.18. The van der Waals surface area contributed by atoms with E-state index in [1.807, 2.05) is 40.9 Å². The summed E-state index contributed by atoms with van der Waals surface area (Å²) in [4.78, 5) is 4.43. The van der Waals surface area contributed by atoms with E-state index in [1.54, 1.807) is 0 Å². The molecule has 1 N–H and O–H groups in total. The maximum Gasteiger partial charge on any atom is 0.0457 e. The molecule has 1 rings (SSSR count). The molecule has 1 heterocycles. The number of rotatable bonds is 2. The van der Waals surface area contributed by atoms with Crippen molar-refractivity contribution in [2.24, 2.45) is 0 Å². The summed E-state index contributed by atoms with van der Waals surface area (Å²) in [5.74, 6) is 0. The Morgan fingerprint density at radius 2 is 1.59 bits per heavy atom. The summed E-state index contributed by atoms with van der Waals surface area (Å²) >= 11 is 0. The summed E-state index contributed by atoms with van der Waals surface area (Å²) in [5.41, 5.74) is 2.53. The molecule has 2 nitrogen and oxygen atoms in total. The number of aromatic nitrogens is 1. The maximum absolute atomic E-state index is 4.43. The predicted octanol–water partition coefficient (Wildman–Crippen LogP) is 4.15. The molecule has 2 heteroatoms. The van der Waals surface area contributed by atoms with Gasteiger partial charge < -0.3 is 5.32 Å². The highest BCUT2D eigenvalue weighted by molar-refractivity contribution is 5.18. The number of hydrogen-bond acceptors (Lipinski definition) is 2. The molecule has 0 aromatic carbocycles. The van der Waals surface area contributed by atoms with Crippen LogP contribution in [-0.2, 0) is 12.0 Å². The van der Waals surface area contributed by atoms with Gasteiger partial charge >= 0.3 is 0 Å². The maximum atomic E-state index is 4.43. The number of hydrogen-bond donors (Lipinski definition) is 1. The second kappa shape index (κ2) is 10.3. The minimum Gasteiger partial charge on any atom is -0.316 e. The lowest BCUT2D eigenvalue weighted by molar-refractivity contribution is 0.568. The Kier molecular flexibility index (Phi) is 11.2. The second-order valence-electron chi connectivity index (χ2n) is 4.33. The minimum atomic E-state index is 0.151. The van der Waals surface area contributed by atoms with Crippen LogP contribution in [0, 0.1) is 0 Å². The average Bonchev–Trinajstić information content (AvgIpc) is 2.34. The van der Waals surface area contributed by atoms with Gasteiger partial charge in [-0.15, -0.1) is 0 Å². The zero-order chi connectivity index (χ0) is 13.9.